The third-order valence-corrected chi connectivity index (χ3v) is 4.77. The molecule has 0 aliphatic heterocycles. The molecule has 8 heteroatoms. The lowest BCUT2D eigenvalue weighted by atomic mass is 9.89. The van der Waals surface area contributed by atoms with Crippen LogP contribution in [0.1, 0.15) is 55.8 Å². The molecule has 28 heavy (non-hydrogen) atoms. The molecule has 0 atom stereocenters. The van der Waals surface area contributed by atoms with E-state index in [9.17, 15) is 14.4 Å². The number of methoxy groups -OCH3 is 1. The van der Waals surface area contributed by atoms with E-state index in [4.69, 9.17) is 25.8 Å². The first kappa shape index (κ1) is 22.0. The van der Waals surface area contributed by atoms with E-state index in [0.29, 0.717) is 18.1 Å². The highest BCUT2D eigenvalue weighted by Gasteiger charge is 2.23. The molecule has 154 valence electrons. The van der Waals surface area contributed by atoms with Gasteiger partial charge in [0.15, 0.2) is 18.1 Å². The van der Waals surface area contributed by atoms with Crippen LogP contribution in [0, 0.1) is 5.92 Å². The summed E-state index contributed by atoms with van der Waals surface area (Å²) in [5, 5.41) is 2.50. The quantitative estimate of drug-likeness (QED) is 0.658. The lowest BCUT2D eigenvalue weighted by molar-refractivity contribution is -0.135. The van der Waals surface area contributed by atoms with E-state index in [1.54, 1.807) is 0 Å². The van der Waals surface area contributed by atoms with Gasteiger partial charge in [-0.15, -0.1) is 0 Å². The first-order chi connectivity index (χ1) is 13.5. The van der Waals surface area contributed by atoms with Gasteiger partial charge >= 0.3 is 5.97 Å². The first-order valence-electron chi connectivity index (χ1n) is 9.47. The van der Waals surface area contributed by atoms with Gasteiger partial charge in [-0.1, -0.05) is 37.8 Å². The average molecular weight is 412 g/mol. The Hall–Kier alpha value is -2.28. The van der Waals surface area contributed by atoms with Gasteiger partial charge in [-0.05, 0) is 31.4 Å². The fraction of sp³-hybridized carbons (Fsp3) is 0.550. The minimum Gasteiger partial charge on any atom is -0.493 e. The fourth-order valence-electron chi connectivity index (χ4n) is 3.04. The number of esters is 1. The lowest BCUT2D eigenvalue weighted by Crippen LogP contribution is -2.38. The Balaban J connectivity index is 1.92. The smallest absolute Gasteiger partial charge is 0.338 e. The third kappa shape index (κ3) is 6.12. The average Bonchev–Trinajstić information content (AvgIpc) is 2.71. The molecular weight excluding hydrogens is 386 g/mol. The maximum absolute atomic E-state index is 12.2. The van der Waals surface area contributed by atoms with Crippen LogP contribution in [-0.2, 0) is 14.3 Å². The first-order valence-corrected chi connectivity index (χ1v) is 9.85. The van der Waals surface area contributed by atoms with Gasteiger partial charge in [-0.3, -0.25) is 14.9 Å². The lowest BCUT2D eigenvalue weighted by Gasteiger charge is -2.20. The number of amides is 2. The van der Waals surface area contributed by atoms with Gasteiger partial charge in [0, 0.05) is 5.92 Å². The summed E-state index contributed by atoms with van der Waals surface area (Å²) in [5.41, 5.74) is 0.122. The second-order valence-electron chi connectivity index (χ2n) is 6.66. The Morgan fingerprint density at radius 1 is 1.18 bits per heavy atom. The summed E-state index contributed by atoms with van der Waals surface area (Å²) >= 11 is 6.17. The fourth-order valence-corrected chi connectivity index (χ4v) is 3.30. The van der Waals surface area contributed by atoms with Crippen LogP contribution in [-0.4, -0.2) is 38.1 Å². The molecule has 0 unspecified atom stereocenters. The van der Waals surface area contributed by atoms with Crippen molar-refractivity contribution in [2.45, 2.75) is 45.4 Å². The molecule has 1 fully saturated rings. The van der Waals surface area contributed by atoms with Crippen molar-refractivity contribution in [3.8, 4) is 11.5 Å². The zero-order chi connectivity index (χ0) is 20.5. The van der Waals surface area contributed by atoms with E-state index >= 15 is 0 Å². The monoisotopic (exact) mass is 411 g/mol. The van der Waals surface area contributed by atoms with E-state index in [2.05, 4.69) is 5.32 Å². The number of imide groups is 1. The van der Waals surface area contributed by atoms with Gasteiger partial charge in [0.25, 0.3) is 5.91 Å². The summed E-state index contributed by atoms with van der Waals surface area (Å²) < 4.78 is 15.7. The van der Waals surface area contributed by atoms with Gasteiger partial charge in [0.1, 0.15) is 0 Å². The molecule has 1 aromatic rings. The van der Waals surface area contributed by atoms with Crippen LogP contribution in [0.15, 0.2) is 12.1 Å². The van der Waals surface area contributed by atoms with Gasteiger partial charge in [-0.25, -0.2) is 4.79 Å². The van der Waals surface area contributed by atoms with Crippen molar-refractivity contribution in [1.29, 1.82) is 0 Å². The summed E-state index contributed by atoms with van der Waals surface area (Å²) in [6, 6.07) is 2.83. The number of nitrogens with one attached hydrogen (secondary N) is 1. The zero-order valence-electron chi connectivity index (χ0n) is 16.2. The Kier molecular flexibility index (Phi) is 8.57. The number of rotatable bonds is 8. The van der Waals surface area contributed by atoms with Crippen molar-refractivity contribution in [2.75, 3.05) is 20.3 Å². The van der Waals surface area contributed by atoms with E-state index < -0.39 is 18.5 Å². The highest BCUT2D eigenvalue weighted by molar-refractivity contribution is 6.32. The Morgan fingerprint density at radius 2 is 1.89 bits per heavy atom. The van der Waals surface area contributed by atoms with Crippen LogP contribution in [0.2, 0.25) is 5.02 Å². The molecule has 0 bridgehead atoms. The summed E-state index contributed by atoms with van der Waals surface area (Å²) in [6.07, 6.45) is 5.44. The van der Waals surface area contributed by atoms with E-state index in [0.717, 1.165) is 38.5 Å². The molecule has 0 aromatic heterocycles. The van der Waals surface area contributed by atoms with Crippen LogP contribution < -0.4 is 14.8 Å². The van der Waals surface area contributed by atoms with Crippen molar-refractivity contribution < 1.29 is 28.6 Å². The highest BCUT2D eigenvalue weighted by atomic mass is 35.5. The van der Waals surface area contributed by atoms with Crippen LogP contribution >= 0.6 is 11.6 Å². The highest BCUT2D eigenvalue weighted by Crippen LogP contribution is 2.36. The largest absolute Gasteiger partial charge is 0.493 e. The Labute approximate surface area is 169 Å². The number of benzene rings is 1. The van der Waals surface area contributed by atoms with Crippen LogP contribution in [0.3, 0.4) is 0 Å². The second-order valence-corrected chi connectivity index (χ2v) is 7.07. The van der Waals surface area contributed by atoms with Crippen molar-refractivity contribution >= 4 is 29.4 Å². The van der Waals surface area contributed by atoms with Crippen molar-refractivity contribution in [1.82, 2.24) is 5.32 Å². The van der Waals surface area contributed by atoms with Crippen molar-refractivity contribution in [2.24, 2.45) is 5.92 Å². The SMILES string of the molecule is CCCOc1c(Cl)cc(C(=O)OCC(=O)NC(=O)C2CCCCC2)cc1OC. The molecule has 1 saturated carbocycles. The molecule has 2 amide bonds. The predicted molar refractivity (Wildman–Crippen MR) is 104 cm³/mol. The van der Waals surface area contributed by atoms with E-state index in [1.807, 2.05) is 6.92 Å². The minimum atomic E-state index is -0.748. The summed E-state index contributed by atoms with van der Waals surface area (Å²) in [7, 11) is 1.43. The second kappa shape index (κ2) is 10.9. The number of carbonyl (C=O) groups excluding carboxylic acids is 3. The number of hydrogen-bond donors (Lipinski definition) is 1. The third-order valence-electron chi connectivity index (χ3n) is 4.49. The molecule has 0 spiro atoms. The van der Waals surface area contributed by atoms with Crippen LogP contribution in [0.25, 0.3) is 0 Å². The number of halogens is 1. The molecule has 1 aromatic carbocycles. The molecule has 0 saturated heterocycles. The number of ether oxygens (including phenoxy) is 3. The summed E-state index contributed by atoms with van der Waals surface area (Å²) in [4.78, 5) is 36.2. The predicted octanol–water partition coefficient (Wildman–Crippen LogP) is 3.52. The zero-order valence-corrected chi connectivity index (χ0v) is 17.0. The van der Waals surface area contributed by atoms with Gasteiger partial charge in [0.2, 0.25) is 5.91 Å². The summed E-state index contributed by atoms with van der Waals surface area (Å²) in [6.45, 7) is 1.86. The van der Waals surface area contributed by atoms with Gasteiger partial charge in [0.05, 0.1) is 24.3 Å². The molecule has 7 nitrogen and oxygen atoms in total. The van der Waals surface area contributed by atoms with E-state index in [1.165, 1.54) is 19.2 Å². The number of hydrogen-bond acceptors (Lipinski definition) is 6. The van der Waals surface area contributed by atoms with Gasteiger partial charge < -0.3 is 14.2 Å². The molecule has 1 aliphatic rings. The molecule has 2 rings (SSSR count). The molecular formula is C20H26ClNO6. The van der Waals surface area contributed by atoms with Crippen molar-refractivity contribution in [3.63, 3.8) is 0 Å². The van der Waals surface area contributed by atoms with Crippen LogP contribution in [0.4, 0.5) is 0 Å². The van der Waals surface area contributed by atoms with Gasteiger partial charge in [-0.2, -0.15) is 0 Å². The Bertz CT molecular complexity index is 715. The Morgan fingerprint density at radius 3 is 2.54 bits per heavy atom. The van der Waals surface area contributed by atoms with E-state index in [-0.39, 0.29) is 22.4 Å². The maximum Gasteiger partial charge on any atom is 0.338 e. The molecule has 1 aliphatic carbocycles. The minimum absolute atomic E-state index is 0.122. The maximum atomic E-state index is 12.2. The van der Waals surface area contributed by atoms with Crippen molar-refractivity contribution in [3.05, 3.63) is 22.7 Å². The number of carbonyl (C=O) groups is 3. The molecule has 0 heterocycles. The standard InChI is InChI=1S/C20H26ClNO6/c1-3-9-27-18-15(21)10-14(11-16(18)26-2)20(25)28-12-17(23)22-19(24)13-7-5-4-6-8-13/h10-11,13H,3-9,12H2,1-2H3,(H,22,23,24). The topological polar surface area (TPSA) is 90.9 Å². The molecule has 1 N–H and O–H groups in total. The van der Waals surface area contributed by atoms with Crippen LogP contribution in [0.5, 0.6) is 11.5 Å². The molecule has 0 radical (unpaired) electrons. The normalized spacial score (nSPS) is 14.2. The summed E-state index contributed by atoms with van der Waals surface area (Å²) in [5.74, 6) is -1.20.